The van der Waals surface area contributed by atoms with Gasteiger partial charge in [-0.1, -0.05) is 30.0 Å². The first kappa shape index (κ1) is 18.4. The largest absolute Gasteiger partial charge is 0.352 e. The van der Waals surface area contributed by atoms with Crippen LogP contribution in [0.4, 0.5) is 0 Å². The molecule has 0 saturated heterocycles. The topological polar surface area (TPSA) is 88.9 Å². The van der Waals surface area contributed by atoms with Gasteiger partial charge in [-0.2, -0.15) is 0 Å². The van der Waals surface area contributed by atoms with Crippen LogP contribution in [0, 0.1) is 0 Å². The third-order valence-corrected chi connectivity index (χ3v) is 4.62. The van der Waals surface area contributed by atoms with Crippen LogP contribution in [0.25, 0.3) is 5.69 Å². The van der Waals surface area contributed by atoms with E-state index in [0.29, 0.717) is 11.1 Å². The quantitative estimate of drug-likeness (QED) is 0.690. The van der Waals surface area contributed by atoms with Crippen molar-refractivity contribution in [1.82, 2.24) is 25.4 Å². The molecule has 1 aliphatic rings. The lowest BCUT2D eigenvalue weighted by molar-refractivity contribution is -0.125. The van der Waals surface area contributed by atoms with Crippen LogP contribution in [-0.2, 0) is 9.59 Å². The molecule has 1 aliphatic carbocycles. The molecule has 1 heterocycles. The average Bonchev–Trinajstić information content (AvgIpc) is 3.38. The molecule has 1 saturated carbocycles. The van der Waals surface area contributed by atoms with Gasteiger partial charge in [0.15, 0.2) is 0 Å². The number of aromatic nitrogens is 3. The van der Waals surface area contributed by atoms with Gasteiger partial charge in [-0.3, -0.25) is 9.59 Å². The number of nitrogens with zero attached hydrogens (tertiary/aromatic N) is 3. The number of hydrogen-bond acceptors (Lipinski definition) is 5. The summed E-state index contributed by atoms with van der Waals surface area (Å²) in [5.74, 6) is 1.18. The lowest BCUT2D eigenvalue weighted by Gasteiger charge is -2.08. The Kier molecular flexibility index (Phi) is 5.92. The second-order valence-electron chi connectivity index (χ2n) is 6.56. The zero-order valence-corrected chi connectivity index (χ0v) is 15.8. The highest BCUT2D eigenvalue weighted by Gasteiger charge is 2.30. The molecule has 8 heteroatoms. The van der Waals surface area contributed by atoms with Gasteiger partial charge in [0.05, 0.1) is 18.0 Å². The van der Waals surface area contributed by atoms with E-state index < -0.39 is 0 Å². The summed E-state index contributed by atoms with van der Waals surface area (Å²) in [5, 5.41) is 10.5. The second-order valence-corrected chi connectivity index (χ2v) is 7.50. The molecule has 138 valence electrons. The Bertz CT molecular complexity index is 771. The summed E-state index contributed by atoms with van der Waals surface area (Å²) in [5.41, 5.74) is 0.976. The molecule has 0 bridgehead atoms. The van der Waals surface area contributed by atoms with Gasteiger partial charge in [0.2, 0.25) is 17.0 Å². The third-order valence-electron chi connectivity index (χ3n) is 3.78. The number of nitrogens with one attached hydrogen (secondary N) is 2. The third kappa shape index (κ3) is 5.08. The van der Waals surface area contributed by atoms with Crippen molar-refractivity contribution in [2.45, 2.75) is 43.8 Å². The molecule has 0 unspecified atom stereocenters. The van der Waals surface area contributed by atoms with Crippen LogP contribution in [0.3, 0.4) is 0 Å². The maximum atomic E-state index is 11.9. The Morgan fingerprint density at radius 2 is 1.96 bits per heavy atom. The van der Waals surface area contributed by atoms with Gasteiger partial charge in [-0.05, 0) is 38.8 Å². The molecular weight excluding hydrogens is 350 g/mol. The van der Waals surface area contributed by atoms with Crippen molar-refractivity contribution in [3.8, 4) is 5.69 Å². The normalized spacial score (nSPS) is 13.7. The fourth-order valence-corrected chi connectivity index (χ4v) is 3.12. The van der Waals surface area contributed by atoms with E-state index in [9.17, 15) is 9.59 Å². The van der Waals surface area contributed by atoms with E-state index in [1.807, 2.05) is 48.9 Å². The zero-order chi connectivity index (χ0) is 18.5. The number of hydrogen-bond donors (Lipinski definition) is 2. The Morgan fingerprint density at radius 3 is 2.62 bits per heavy atom. The summed E-state index contributed by atoms with van der Waals surface area (Å²) in [7, 11) is 0. The minimum Gasteiger partial charge on any atom is -0.352 e. The van der Waals surface area contributed by atoms with Crippen LogP contribution >= 0.6 is 11.8 Å². The molecule has 0 spiro atoms. The fraction of sp³-hybridized carbons (Fsp3) is 0.444. The predicted molar refractivity (Wildman–Crippen MR) is 100 cm³/mol. The van der Waals surface area contributed by atoms with Crippen LogP contribution in [-0.4, -0.2) is 44.9 Å². The number of thioether (sulfide) groups is 1. The monoisotopic (exact) mass is 373 g/mol. The van der Waals surface area contributed by atoms with E-state index in [1.165, 1.54) is 11.8 Å². The van der Waals surface area contributed by atoms with Gasteiger partial charge in [-0.25, -0.2) is 9.67 Å². The number of rotatable bonds is 8. The minimum atomic E-state index is -0.210. The molecule has 1 fully saturated rings. The maximum Gasteiger partial charge on any atom is 0.239 e. The second kappa shape index (κ2) is 8.35. The fourth-order valence-electron chi connectivity index (χ4n) is 2.46. The Balaban J connectivity index is 1.57. The molecular formula is C18H23N5O2S. The summed E-state index contributed by atoms with van der Waals surface area (Å²) < 4.78 is 1.87. The Hall–Kier alpha value is -2.35. The predicted octanol–water partition coefficient (Wildman–Crippen LogP) is 1.88. The minimum absolute atomic E-state index is 0.0171. The van der Waals surface area contributed by atoms with Gasteiger partial charge < -0.3 is 10.6 Å². The average molecular weight is 373 g/mol. The molecule has 0 aliphatic heterocycles. The molecule has 2 N–H and O–H groups in total. The van der Waals surface area contributed by atoms with Crippen molar-refractivity contribution >= 4 is 23.6 Å². The van der Waals surface area contributed by atoms with Crippen LogP contribution in [0.1, 0.15) is 38.4 Å². The SMILES string of the molecule is CC(C)NC(=O)CNC(=O)CSc1nc(C2CC2)n(-c2ccccc2)n1. The lowest BCUT2D eigenvalue weighted by atomic mass is 10.3. The van der Waals surface area contributed by atoms with Gasteiger partial charge in [0, 0.05) is 12.0 Å². The number of carbonyl (C=O) groups is 2. The van der Waals surface area contributed by atoms with Crippen molar-refractivity contribution in [3.05, 3.63) is 36.2 Å². The summed E-state index contributed by atoms with van der Waals surface area (Å²) >= 11 is 1.28. The Labute approximate surface area is 157 Å². The summed E-state index contributed by atoms with van der Waals surface area (Å²) in [6, 6.07) is 9.95. The summed E-state index contributed by atoms with van der Waals surface area (Å²) in [4.78, 5) is 28.1. The van der Waals surface area contributed by atoms with Crippen LogP contribution in [0.5, 0.6) is 0 Å². The first-order valence-corrected chi connectivity index (χ1v) is 9.72. The molecule has 0 radical (unpaired) electrons. The number of benzene rings is 1. The molecule has 0 atom stereocenters. The van der Waals surface area contributed by atoms with Gasteiger partial charge >= 0.3 is 0 Å². The molecule has 26 heavy (non-hydrogen) atoms. The molecule has 3 rings (SSSR count). The van der Waals surface area contributed by atoms with Crippen molar-refractivity contribution < 1.29 is 9.59 Å². The first-order chi connectivity index (χ1) is 12.5. The number of carbonyl (C=O) groups excluding carboxylic acids is 2. The molecule has 1 aromatic carbocycles. The maximum absolute atomic E-state index is 11.9. The van der Waals surface area contributed by atoms with Crippen LogP contribution in [0.15, 0.2) is 35.5 Å². The molecule has 1 aromatic heterocycles. The first-order valence-electron chi connectivity index (χ1n) is 8.74. The van der Waals surface area contributed by atoms with E-state index in [4.69, 9.17) is 0 Å². The number of para-hydroxylation sites is 1. The van der Waals surface area contributed by atoms with E-state index in [-0.39, 0.29) is 30.2 Å². The molecule has 7 nitrogen and oxygen atoms in total. The lowest BCUT2D eigenvalue weighted by Crippen LogP contribution is -2.40. The van der Waals surface area contributed by atoms with Gasteiger partial charge in [0.25, 0.3) is 0 Å². The van der Waals surface area contributed by atoms with Crippen molar-refractivity contribution in [3.63, 3.8) is 0 Å². The van der Waals surface area contributed by atoms with E-state index in [2.05, 4.69) is 20.7 Å². The smallest absolute Gasteiger partial charge is 0.239 e. The summed E-state index contributed by atoms with van der Waals surface area (Å²) in [6.45, 7) is 3.74. The van der Waals surface area contributed by atoms with Gasteiger partial charge in [-0.15, -0.1) is 5.10 Å². The Morgan fingerprint density at radius 1 is 1.23 bits per heavy atom. The van der Waals surface area contributed by atoms with E-state index in [1.54, 1.807) is 0 Å². The van der Waals surface area contributed by atoms with Crippen molar-refractivity contribution in [1.29, 1.82) is 0 Å². The molecule has 2 amide bonds. The highest BCUT2D eigenvalue weighted by atomic mass is 32.2. The number of amides is 2. The standard InChI is InChI=1S/C18H23N5O2S/c1-12(2)20-15(24)10-19-16(25)11-26-18-21-17(13-8-9-13)23(22-18)14-6-4-3-5-7-14/h3-7,12-13H,8-11H2,1-2H3,(H,19,25)(H,20,24). The van der Waals surface area contributed by atoms with Gasteiger partial charge in [0.1, 0.15) is 5.82 Å². The van der Waals surface area contributed by atoms with E-state index >= 15 is 0 Å². The van der Waals surface area contributed by atoms with E-state index in [0.717, 1.165) is 24.4 Å². The highest BCUT2D eigenvalue weighted by molar-refractivity contribution is 7.99. The van der Waals surface area contributed by atoms with Crippen molar-refractivity contribution in [2.24, 2.45) is 0 Å². The van der Waals surface area contributed by atoms with Crippen LogP contribution < -0.4 is 10.6 Å². The summed E-state index contributed by atoms with van der Waals surface area (Å²) in [6.07, 6.45) is 2.25. The van der Waals surface area contributed by atoms with Crippen molar-refractivity contribution in [2.75, 3.05) is 12.3 Å². The molecule has 2 aromatic rings. The zero-order valence-electron chi connectivity index (χ0n) is 14.9. The highest BCUT2D eigenvalue weighted by Crippen LogP contribution is 2.40. The van der Waals surface area contributed by atoms with Crippen LogP contribution in [0.2, 0.25) is 0 Å².